The molecule has 0 aliphatic heterocycles. The minimum Gasteiger partial charge on any atom is -0.427 e. The fourth-order valence-electron chi connectivity index (χ4n) is 1.30. The molecule has 0 atom stereocenters. The minimum atomic E-state index is -0.272. The topological polar surface area (TPSA) is 38.0 Å². The Kier molecular flexibility index (Phi) is 4.51. The molecule has 0 radical (unpaired) electrons. The zero-order chi connectivity index (χ0) is 12.0. The summed E-state index contributed by atoms with van der Waals surface area (Å²) in [7, 11) is 0. The Labute approximate surface area is 94.1 Å². The van der Waals surface area contributed by atoms with Crippen molar-refractivity contribution < 1.29 is 9.60 Å². The summed E-state index contributed by atoms with van der Waals surface area (Å²) in [6.45, 7) is 4.00. The third kappa shape index (κ3) is 3.08. The molecule has 1 aromatic heterocycles. The van der Waals surface area contributed by atoms with Crippen LogP contribution < -0.4 is 0 Å². The van der Waals surface area contributed by atoms with E-state index in [0.717, 1.165) is 10.3 Å². The maximum Gasteiger partial charge on any atom is 0.131 e. The van der Waals surface area contributed by atoms with Gasteiger partial charge in [0, 0.05) is 6.42 Å². The summed E-state index contributed by atoms with van der Waals surface area (Å²) in [6.07, 6.45) is 3.31. The van der Waals surface area contributed by atoms with Crippen LogP contribution >= 0.6 is 0 Å². The van der Waals surface area contributed by atoms with E-state index in [2.05, 4.69) is 4.98 Å². The summed E-state index contributed by atoms with van der Waals surface area (Å²) in [5.41, 5.74) is 1.44. The standard InChI is InChI=1S/C10H9FN2O.C2H6/c11-9-3-1-2-8(4-9)5-10-6-12-7-13(10)14;1-2/h1-4,6-7,14H,5H2;1-2H3. The van der Waals surface area contributed by atoms with Gasteiger partial charge in [0.25, 0.3) is 0 Å². The lowest BCUT2D eigenvalue weighted by Crippen LogP contribution is -1.97. The summed E-state index contributed by atoms with van der Waals surface area (Å²) >= 11 is 0. The van der Waals surface area contributed by atoms with Crippen LogP contribution in [0.4, 0.5) is 4.39 Å². The van der Waals surface area contributed by atoms with Crippen LogP contribution in [0.1, 0.15) is 25.1 Å². The minimum absolute atomic E-state index is 0.272. The molecule has 0 bridgehead atoms. The van der Waals surface area contributed by atoms with Gasteiger partial charge in [0.05, 0.1) is 11.9 Å². The monoisotopic (exact) mass is 222 g/mol. The molecule has 3 nitrogen and oxygen atoms in total. The largest absolute Gasteiger partial charge is 0.427 e. The molecule has 0 saturated heterocycles. The van der Waals surface area contributed by atoms with Gasteiger partial charge in [-0.2, -0.15) is 4.73 Å². The van der Waals surface area contributed by atoms with Crippen molar-refractivity contribution in [3.8, 4) is 0 Å². The molecule has 0 spiro atoms. The van der Waals surface area contributed by atoms with Crippen molar-refractivity contribution >= 4 is 0 Å². The Morgan fingerprint density at radius 3 is 2.69 bits per heavy atom. The zero-order valence-corrected chi connectivity index (χ0v) is 9.39. The number of imidazole rings is 1. The Morgan fingerprint density at radius 2 is 2.12 bits per heavy atom. The molecule has 86 valence electrons. The number of hydrogen-bond acceptors (Lipinski definition) is 2. The average molecular weight is 222 g/mol. The second kappa shape index (κ2) is 5.90. The molecule has 0 saturated carbocycles. The lowest BCUT2D eigenvalue weighted by Gasteiger charge is -2.00. The van der Waals surface area contributed by atoms with Gasteiger partial charge >= 0.3 is 0 Å². The molecule has 1 aromatic carbocycles. The first kappa shape index (κ1) is 12.2. The molecule has 0 aliphatic rings. The van der Waals surface area contributed by atoms with Crippen LogP contribution in [0.2, 0.25) is 0 Å². The Bertz CT molecular complexity index is 440. The molecule has 0 amide bonds. The van der Waals surface area contributed by atoms with Gasteiger partial charge in [0.15, 0.2) is 0 Å². The fraction of sp³-hybridized carbons (Fsp3) is 0.250. The lowest BCUT2D eigenvalue weighted by molar-refractivity contribution is 0.178. The third-order valence-electron chi connectivity index (χ3n) is 1.97. The highest BCUT2D eigenvalue weighted by molar-refractivity contribution is 5.21. The first-order chi connectivity index (χ1) is 7.75. The number of aromatic nitrogens is 2. The normalized spacial score (nSPS) is 9.44. The van der Waals surface area contributed by atoms with Crippen LogP contribution in [-0.2, 0) is 6.42 Å². The highest BCUT2D eigenvalue weighted by Crippen LogP contribution is 2.09. The maximum absolute atomic E-state index is 12.8. The predicted molar refractivity (Wildman–Crippen MR) is 60.0 cm³/mol. The van der Waals surface area contributed by atoms with E-state index >= 15 is 0 Å². The number of halogens is 1. The van der Waals surface area contributed by atoms with Gasteiger partial charge in [0.2, 0.25) is 0 Å². The van der Waals surface area contributed by atoms with Crippen LogP contribution in [0.25, 0.3) is 0 Å². The molecular weight excluding hydrogens is 207 g/mol. The van der Waals surface area contributed by atoms with Gasteiger partial charge in [-0.1, -0.05) is 26.0 Å². The van der Waals surface area contributed by atoms with Crippen molar-refractivity contribution in [3.05, 3.63) is 53.9 Å². The molecule has 1 heterocycles. The van der Waals surface area contributed by atoms with E-state index in [1.807, 2.05) is 13.8 Å². The third-order valence-corrected chi connectivity index (χ3v) is 1.97. The first-order valence-electron chi connectivity index (χ1n) is 5.20. The van der Waals surface area contributed by atoms with Crippen molar-refractivity contribution in [2.24, 2.45) is 0 Å². The van der Waals surface area contributed by atoms with Crippen LogP contribution in [0.5, 0.6) is 0 Å². The number of nitrogens with zero attached hydrogens (tertiary/aromatic N) is 2. The Morgan fingerprint density at radius 1 is 1.38 bits per heavy atom. The van der Waals surface area contributed by atoms with Crippen molar-refractivity contribution in [3.63, 3.8) is 0 Å². The van der Waals surface area contributed by atoms with Gasteiger partial charge < -0.3 is 5.21 Å². The molecule has 4 heteroatoms. The average Bonchev–Trinajstić information content (AvgIpc) is 2.68. The second-order valence-electron chi connectivity index (χ2n) is 3.04. The molecule has 2 aromatic rings. The van der Waals surface area contributed by atoms with Crippen LogP contribution in [0.3, 0.4) is 0 Å². The SMILES string of the molecule is CC.On1cncc1Cc1cccc(F)c1. The van der Waals surface area contributed by atoms with Crippen LogP contribution in [0.15, 0.2) is 36.8 Å². The molecular formula is C12H15FN2O. The smallest absolute Gasteiger partial charge is 0.131 e. The van der Waals surface area contributed by atoms with Gasteiger partial charge in [-0.3, -0.25) is 0 Å². The van der Waals surface area contributed by atoms with Gasteiger partial charge in [-0.15, -0.1) is 0 Å². The van der Waals surface area contributed by atoms with E-state index in [1.165, 1.54) is 18.5 Å². The molecule has 0 aliphatic carbocycles. The molecule has 16 heavy (non-hydrogen) atoms. The molecule has 2 rings (SSSR count). The predicted octanol–water partition coefficient (Wildman–Crippen LogP) is 2.88. The second-order valence-corrected chi connectivity index (χ2v) is 3.04. The number of hydrogen-bond donors (Lipinski definition) is 1. The van der Waals surface area contributed by atoms with Gasteiger partial charge in [-0.25, -0.2) is 9.37 Å². The van der Waals surface area contributed by atoms with Gasteiger partial charge in [-0.05, 0) is 17.7 Å². The maximum atomic E-state index is 12.8. The highest BCUT2D eigenvalue weighted by Gasteiger charge is 2.02. The van der Waals surface area contributed by atoms with E-state index < -0.39 is 0 Å². The number of rotatable bonds is 2. The fourth-order valence-corrected chi connectivity index (χ4v) is 1.30. The first-order valence-corrected chi connectivity index (χ1v) is 5.20. The summed E-state index contributed by atoms with van der Waals surface area (Å²) in [5, 5.41) is 9.24. The summed E-state index contributed by atoms with van der Waals surface area (Å²) in [6, 6.07) is 6.27. The van der Waals surface area contributed by atoms with Crippen LogP contribution in [0, 0.1) is 5.82 Å². The van der Waals surface area contributed by atoms with Crippen molar-refractivity contribution in [1.29, 1.82) is 0 Å². The summed E-state index contributed by atoms with van der Waals surface area (Å²) < 4.78 is 13.7. The van der Waals surface area contributed by atoms with Crippen LogP contribution in [-0.4, -0.2) is 14.9 Å². The quantitative estimate of drug-likeness (QED) is 0.793. The van der Waals surface area contributed by atoms with E-state index in [-0.39, 0.29) is 5.82 Å². The van der Waals surface area contributed by atoms with E-state index in [4.69, 9.17) is 0 Å². The van der Waals surface area contributed by atoms with E-state index in [0.29, 0.717) is 12.1 Å². The Balaban J connectivity index is 0.000000606. The zero-order valence-electron chi connectivity index (χ0n) is 9.39. The molecule has 0 fully saturated rings. The van der Waals surface area contributed by atoms with Crippen molar-refractivity contribution in [1.82, 2.24) is 9.71 Å². The van der Waals surface area contributed by atoms with Gasteiger partial charge in [0.1, 0.15) is 12.1 Å². The number of benzene rings is 1. The van der Waals surface area contributed by atoms with Crippen molar-refractivity contribution in [2.75, 3.05) is 0 Å². The lowest BCUT2D eigenvalue weighted by atomic mass is 10.1. The highest BCUT2D eigenvalue weighted by atomic mass is 19.1. The van der Waals surface area contributed by atoms with E-state index in [1.54, 1.807) is 18.3 Å². The molecule has 0 unspecified atom stereocenters. The Hall–Kier alpha value is -1.84. The summed E-state index contributed by atoms with van der Waals surface area (Å²) in [5.74, 6) is -0.272. The van der Waals surface area contributed by atoms with E-state index in [9.17, 15) is 9.60 Å². The molecule has 1 N–H and O–H groups in total. The van der Waals surface area contributed by atoms with Crippen molar-refractivity contribution in [2.45, 2.75) is 20.3 Å². The summed E-state index contributed by atoms with van der Waals surface area (Å²) in [4.78, 5) is 3.76.